The zero-order chi connectivity index (χ0) is 8.69. The molecule has 0 heterocycles. The third kappa shape index (κ3) is 7.78. The van der Waals surface area contributed by atoms with Crippen molar-refractivity contribution in [2.24, 2.45) is 5.73 Å². The second kappa shape index (κ2) is 6.58. The fourth-order valence-corrected chi connectivity index (χ4v) is 0.829. The molecule has 0 aromatic heterocycles. The van der Waals surface area contributed by atoms with Crippen LogP contribution in [0.1, 0.15) is 26.7 Å². The number of nitrogens with two attached hydrogens (primary N) is 1. The van der Waals surface area contributed by atoms with Gasteiger partial charge in [0, 0.05) is 12.6 Å². The van der Waals surface area contributed by atoms with Crippen LogP contribution in [0.5, 0.6) is 0 Å². The number of hydrogen-bond acceptors (Lipinski definition) is 3. The Balaban J connectivity index is 3.01. The van der Waals surface area contributed by atoms with E-state index >= 15 is 0 Å². The summed E-state index contributed by atoms with van der Waals surface area (Å²) in [5.41, 5.74) is 5.40. The van der Waals surface area contributed by atoms with Gasteiger partial charge < -0.3 is 16.2 Å². The molecule has 11 heavy (non-hydrogen) atoms. The molecule has 0 aliphatic carbocycles. The first-order valence-corrected chi connectivity index (χ1v) is 4.28. The van der Waals surface area contributed by atoms with E-state index in [1.54, 1.807) is 0 Å². The summed E-state index contributed by atoms with van der Waals surface area (Å²) in [5.74, 6) is 0. The van der Waals surface area contributed by atoms with E-state index in [1.807, 2.05) is 6.92 Å². The SMILES string of the molecule is CC(O)CCCNC(C)CN. The highest BCUT2D eigenvalue weighted by molar-refractivity contribution is 4.60. The minimum atomic E-state index is -0.176. The van der Waals surface area contributed by atoms with E-state index in [4.69, 9.17) is 10.8 Å². The first-order chi connectivity index (χ1) is 5.16. The molecule has 68 valence electrons. The van der Waals surface area contributed by atoms with Crippen LogP contribution in [0.3, 0.4) is 0 Å². The van der Waals surface area contributed by atoms with E-state index < -0.39 is 0 Å². The number of aliphatic hydroxyl groups excluding tert-OH is 1. The van der Waals surface area contributed by atoms with Gasteiger partial charge in [0.1, 0.15) is 0 Å². The average Bonchev–Trinajstić information content (AvgIpc) is 1.97. The lowest BCUT2D eigenvalue weighted by Crippen LogP contribution is -2.33. The molecule has 0 saturated heterocycles. The van der Waals surface area contributed by atoms with Crippen LogP contribution in [0.15, 0.2) is 0 Å². The van der Waals surface area contributed by atoms with Crippen LogP contribution in [-0.4, -0.2) is 30.3 Å². The molecular formula is C8H20N2O. The van der Waals surface area contributed by atoms with Crippen LogP contribution < -0.4 is 11.1 Å². The lowest BCUT2D eigenvalue weighted by atomic mass is 10.2. The smallest absolute Gasteiger partial charge is 0.0512 e. The van der Waals surface area contributed by atoms with E-state index in [9.17, 15) is 0 Å². The molecule has 0 rings (SSSR count). The Bertz CT molecular complexity index is 86.2. The monoisotopic (exact) mass is 160 g/mol. The van der Waals surface area contributed by atoms with E-state index in [0.717, 1.165) is 19.4 Å². The standard InChI is InChI=1S/C8H20N2O/c1-7(6-9)10-5-3-4-8(2)11/h7-8,10-11H,3-6,9H2,1-2H3. The zero-order valence-electron chi connectivity index (χ0n) is 7.51. The summed E-state index contributed by atoms with van der Waals surface area (Å²) < 4.78 is 0. The summed E-state index contributed by atoms with van der Waals surface area (Å²) in [5, 5.41) is 12.2. The molecule has 3 heteroatoms. The summed E-state index contributed by atoms with van der Waals surface area (Å²) in [6.45, 7) is 5.49. The fraction of sp³-hybridized carbons (Fsp3) is 1.00. The molecule has 0 saturated carbocycles. The van der Waals surface area contributed by atoms with Crippen LogP contribution in [0.2, 0.25) is 0 Å². The van der Waals surface area contributed by atoms with Gasteiger partial charge in [0.2, 0.25) is 0 Å². The first kappa shape index (κ1) is 10.9. The van der Waals surface area contributed by atoms with Gasteiger partial charge in [-0.3, -0.25) is 0 Å². The molecule has 0 fully saturated rings. The van der Waals surface area contributed by atoms with E-state index in [2.05, 4.69) is 12.2 Å². The third-order valence-electron chi connectivity index (χ3n) is 1.65. The largest absolute Gasteiger partial charge is 0.393 e. The molecule has 0 aliphatic heterocycles. The summed E-state index contributed by atoms with van der Waals surface area (Å²) >= 11 is 0. The van der Waals surface area contributed by atoms with Crippen LogP contribution in [-0.2, 0) is 0 Å². The van der Waals surface area contributed by atoms with Crippen molar-refractivity contribution < 1.29 is 5.11 Å². The summed E-state index contributed by atoms with van der Waals surface area (Å²) in [6.07, 6.45) is 1.71. The van der Waals surface area contributed by atoms with E-state index in [-0.39, 0.29) is 6.10 Å². The topological polar surface area (TPSA) is 58.3 Å². The highest BCUT2D eigenvalue weighted by atomic mass is 16.3. The Morgan fingerprint density at radius 2 is 2.09 bits per heavy atom. The lowest BCUT2D eigenvalue weighted by molar-refractivity contribution is 0.181. The van der Waals surface area contributed by atoms with Gasteiger partial charge in [-0.25, -0.2) is 0 Å². The quantitative estimate of drug-likeness (QED) is 0.482. The lowest BCUT2D eigenvalue weighted by Gasteiger charge is -2.11. The molecule has 2 atom stereocenters. The van der Waals surface area contributed by atoms with E-state index in [1.165, 1.54) is 0 Å². The number of rotatable bonds is 6. The Kier molecular flexibility index (Phi) is 6.51. The third-order valence-corrected chi connectivity index (χ3v) is 1.65. The Labute approximate surface area is 69.0 Å². The summed E-state index contributed by atoms with van der Waals surface area (Å²) in [7, 11) is 0. The summed E-state index contributed by atoms with van der Waals surface area (Å²) in [4.78, 5) is 0. The van der Waals surface area contributed by atoms with Gasteiger partial charge in [-0.05, 0) is 33.2 Å². The predicted octanol–water partition coefficient (Wildman–Crippen LogP) is 0.0842. The van der Waals surface area contributed by atoms with Crippen molar-refractivity contribution in [3.8, 4) is 0 Å². The summed E-state index contributed by atoms with van der Waals surface area (Å²) in [6, 6.07) is 0.393. The van der Waals surface area contributed by atoms with Gasteiger partial charge in [0.25, 0.3) is 0 Å². The van der Waals surface area contributed by atoms with Gasteiger partial charge in [0.15, 0.2) is 0 Å². The Hall–Kier alpha value is -0.120. The number of aliphatic hydroxyl groups is 1. The van der Waals surface area contributed by atoms with Crippen molar-refractivity contribution in [3.63, 3.8) is 0 Å². The maximum Gasteiger partial charge on any atom is 0.0512 e. The van der Waals surface area contributed by atoms with Gasteiger partial charge in [0.05, 0.1) is 6.10 Å². The Morgan fingerprint density at radius 1 is 1.45 bits per heavy atom. The highest BCUT2D eigenvalue weighted by Gasteiger charge is 1.98. The molecule has 0 spiro atoms. The van der Waals surface area contributed by atoms with Gasteiger partial charge >= 0.3 is 0 Å². The van der Waals surface area contributed by atoms with E-state index in [0.29, 0.717) is 12.6 Å². The number of nitrogens with one attached hydrogen (secondary N) is 1. The first-order valence-electron chi connectivity index (χ1n) is 4.28. The molecule has 0 radical (unpaired) electrons. The van der Waals surface area contributed by atoms with Crippen molar-refractivity contribution >= 4 is 0 Å². The highest BCUT2D eigenvalue weighted by Crippen LogP contribution is 1.93. The molecule has 4 N–H and O–H groups in total. The molecule has 0 aliphatic rings. The van der Waals surface area contributed by atoms with Crippen LogP contribution in [0, 0.1) is 0 Å². The van der Waals surface area contributed by atoms with Crippen molar-refractivity contribution in [1.82, 2.24) is 5.32 Å². The minimum absolute atomic E-state index is 0.176. The normalized spacial score (nSPS) is 16.4. The van der Waals surface area contributed by atoms with Crippen LogP contribution in [0.4, 0.5) is 0 Å². The van der Waals surface area contributed by atoms with Crippen molar-refractivity contribution in [3.05, 3.63) is 0 Å². The average molecular weight is 160 g/mol. The Morgan fingerprint density at radius 3 is 2.55 bits per heavy atom. The van der Waals surface area contributed by atoms with Crippen LogP contribution >= 0.6 is 0 Å². The second-order valence-electron chi connectivity index (χ2n) is 3.08. The molecule has 0 bridgehead atoms. The molecule has 0 amide bonds. The van der Waals surface area contributed by atoms with Crippen molar-refractivity contribution in [2.75, 3.05) is 13.1 Å². The van der Waals surface area contributed by atoms with Gasteiger partial charge in [-0.2, -0.15) is 0 Å². The molecular weight excluding hydrogens is 140 g/mol. The maximum atomic E-state index is 8.92. The molecule has 0 aromatic rings. The van der Waals surface area contributed by atoms with Crippen LogP contribution in [0.25, 0.3) is 0 Å². The predicted molar refractivity (Wildman–Crippen MR) is 47.4 cm³/mol. The van der Waals surface area contributed by atoms with Gasteiger partial charge in [-0.1, -0.05) is 0 Å². The number of hydrogen-bond donors (Lipinski definition) is 3. The fourth-order valence-electron chi connectivity index (χ4n) is 0.829. The maximum absolute atomic E-state index is 8.92. The molecule has 3 nitrogen and oxygen atoms in total. The minimum Gasteiger partial charge on any atom is -0.393 e. The molecule has 2 unspecified atom stereocenters. The zero-order valence-corrected chi connectivity index (χ0v) is 7.51. The van der Waals surface area contributed by atoms with Crippen molar-refractivity contribution in [2.45, 2.75) is 38.8 Å². The van der Waals surface area contributed by atoms with Crippen molar-refractivity contribution in [1.29, 1.82) is 0 Å². The van der Waals surface area contributed by atoms with Gasteiger partial charge in [-0.15, -0.1) is 0 Å². The second-order valence-corrected chi connectivity index (χ2v) is 3.08. The molecule has 0 aromatic carbocycles.